The van der Waals surface area contributed by atoms with E-state index in [0.717, 1.165) is 0 Å². The van der Waals surface area contributed by atoms with Gasteiger partial charge in [0.05, 0.1) is 17.4 Å². The van der Waals surface area contributed by atoms with E-state index in [2.05, 4.69) is 5.32 Å². The molecule has 0 aliphatic heterocycles. The minimum Gasteiger partial charge on any atom is -0.480 e. The van der Waals surface area contributed by atoms with Crippen LogP contribution < -0.4 is 10.6 Å². The molecule has 1 heterocycles. The quantitative estimate of drug-likeness (QED) is 0.385. The summed E-state index contributed by atoms with van der Waals surface area (Å²) in [5.41, 5.74) is 1.39. The van der Waals surface area contributed by atoms with E-state index in [0.29, 0.717) is 16.9 Å². The molecule has 0 unspecified atom stereocenters. The van der Waals surface area contributed by atoms with Crippen LogP contribution in [0.3, 0.4) is 0 Å². The van der Waals surface area contributed by atoms with Gasteiger partial charge in [0.1, 0.15) is 5.82 Å². The highest BCUT2D eigenvalue weighted by molar-refractivity contribution is 6.43. The van der Waals surface area contributed by atoms with Crippen LogP contribution in [0.5, 0.6) is 0 Å². The second-order valence-electron chi connectivity index (χ2n) is 7.27. The molecule has 0 saturated carbocycles. The molecule has 1 aromatic carbocycles. The zero-order chi connectivity index (χ0) is 23.6. The average Bonchev–Trinajstić information content (AvgIpc) is 2.90. The van der Waals surface area contributed by atoms with Gasteiger partial charge in [-0.2, -0.15) is 0 Å². The van der Waals surface area contributed by atoms with E-state index in [9.17, 15) is 28.7 Å². The zero-order valence-electron chi connectivity index (χ0n) is 17.7. The first-order valence-electron chi connectivity index (χ1n) is 9.36. The fourth-order valence-electron chi connectivity index (χ4n) is 3.25. The van der Waals surface area contributed by atoms with E-state index in [4.69, 9.17) is 5.11 Å². The molecule has 10 heteroatoms. The molecule has 2 amide bonds. The van der Waals surface area contributed by atoms with Gasteiger partial charge in [-0.1, -0.05) is 0 Å². The van der Waals surface area contributed by atoms with Crippen molar-refractivity contribution in [2.24, 2.45) is 7.05 Å². The topological polar surface area (TPSA) is 138 Å². The Morgan fingerprint density at radius 2 is 1.74 bits per heavy atom. The van der Waals surface area contributed by atoms with E-state index in [1.54, 1.807) is 13.8 Å². The van der Waals surface area contributed by atoms with Crippen LogP contribution in [0, 0.1) is 26.6 Å². The van der Waals surface area contributed by atoms with Gasteiger partial charge < -0.3 is 25.4 Å². The molecule has 0 saturated heterocycles. The molecule has 0 fully saturated rings. The predicted octanol–water partition coefficient (Wildman–Crippen LogP) is 1.47. The van der Waals surface area contributed by atoms with Crippen molar-refractivity contribution < 1.29 is 33.8 Å². The molecule has 166 valence electrons. The number of benzene rings is 1. The van der Waals surface area contributed by atoms with Crippen LogP contribution in [0.2, 0.25) is 0 Å². The van der Waals surface area contributed by atoms with Crippen molar-refractivity contribution in [3.63, 3.8) is 0 Å². The smallest absolute Gasteiger partial charge is 0.328 e. The molecule has 2 rings (SSSR count). The maximum absolute atomic E-state index is 13.5. The Morgan fingerprint density at radius 3 is 2.26 bits per heavy atom. The summed E-state index contributed by atoms with van der Waals surface area (Å²) in [6.07, 6.45) is -1.43. The first kappa shape index (κ1) is 23.7. The Hall–Kier alpha value is -3.53. The predicted molar refractivity (Wildman–Crippen MR) is 110 cm³/mol. The molecule has 0 radical (unpaired) electrons. The second kappa shape index (κ2) is 9.09. The van der Waals surface area contributed by atoms with E-state index >= 15 is 0 Å². The summed E-state index contributed by atoms with van der Waals surface area (Å²) in [5, 5.41) is 23.2. The third-order valence-electron chi connectivity index (χ3n) is 5.03. The number of nitrogens with zero attached hydrogens (tertiary/aromatic N) is 1. The Bertz CT molecular complexity index is 1070. The van der Waals surface area contributed by atoms with E-state index in [1.165, 1.54) is 43.7 Å². The van der Waals surface area contributed by atoms with Crippen molar-refractivity contribution in [2.75, 3.05) is 5.32 Å². The van der Waals surface area contributed by atoms with Crippen LogP contribution in [-0.2, 0) is 16.6 Å². The second-order valence-corrected chi connectivity index (χ2v) is 7.27. The summed E-state index contributed by atoms with van der Waals surface area (Å²) >= 11 is 0. The number of rotatable bonds is 7. The highest BCUT2D eigenvalue weighted by Gasteiger charge is 2.32. The van der Waals surface area contributed by atoms with Gasteiger partial charge in [-0.05, 0) is 57.0 Å². The molecule has 2 aromatic rings. The van der Waals surface area contributed by atoms with Crippen LogP contribution >= 0.6 is 0 Å². The molecular formula is C21H24FN3O6. The number of aromatic nitrogens is 1. The summed E-state index contributed by atoms with van der Waals surface area (Å²) < 4.78 is 14.8. The van der Waals surface area contributed by atoms with E-state index in [-0.39, 0.29) is 16.8 Å². The molecule has 0 aliphatic carbocycles. The van der Waals surface area contributed by atoms with Crippen molar-refractivity contribution in [3.05, 3.63) is 52.1 Å². The van der Waals surface area contributed by atoms with Crippen molar-refractivity contribution >= 4 is 29.3 Å². The molecule has 0 bridgehead atoms. The first-order valence-corrected chi connectivity index (χ1v) is 9.36. The number of ketones is 1. The lowest BCUT2D eigenvalue weighted by Crippen LogP contribution is -2.50. The van der Waals surface area contributed by atoms with Crippen molar-refractivity contribution in [1.82, 2.24) is 9.88 Å². The number of amides is 2. The lowest BCUT2D eigenvalue weighted by molar-refractivity contribution is -0.144. The van der Waals surface area contributed by atoms with Gasteiger partial charge in [0.25, 0.3) is 17.6 Å². The number of carboxylic acids is 1. The zero-order valence-corrected chi connectivity index (χ0v) is 17.7. The van der Waals surface area contributed by atoms with E-state index in [1.807, 2.05) is 5.32 Å². The SMILES string of the molecule is Cc1cc(NC(=O)c2c(C)c(C(=O)C(=O)N[C@@H](C(=O)O)[C@H](C)O)n(C)c2C)ccc1F. The highest BCUT2D eigenvalue weighted by Crippen LogP contribution is 2.24. The molecule has 0 aliphatic rings. The minimum atomic E-state index is -1.66. The van der Waals surface area contributed by atoms with Crippen LogP contribution in [0.25, 0.3) is 0 Å². The minimum absolute atomic E-state index is 0.0924. The fourth-order valence-corrected chi connectivity index (χ4v) is 3.25. The molecule has 2 atom stereocenters. The number of carboxylic acid groups (broad SMARTS) is 1. The number of aliphatic carboxylic acids is 1. The number of hydrogen-bond acceptors (Lipinski definition) is 5. The Kier molecular flexibility index (Phi) is 6.96. The largest absolute Gasteiger partial charge is 0.480 e. The Balaban J connectivity index is 2.35. The number of hydrogen-bond donors (Lipinski definition) is 4. The van der Waals surface area contributed by atoms with Crippen LogP contribution in [0.4, 0.5) is 10.1 Å². The maximum Gasteiger partial charge on any atom is 0.328 e. The number of aliphatic hydroxyl groups excluding tert-OH is 1. The molecule has 31 heavy (non-hydrogen) atoms. The standard InChI is InChI=1S/C21H24FN3O6/c1-9-8-13(6-7-14(9)22)23-19(28)15-10(2)17(25(5)11(15)3)18(27)20(29)24-16(12(4)26)21(30)31/h6-8,12,16,26H,1-5H3,(H,23,28)(H,24,29)(H,30,31)/t12-,16+/m0/s1. The molecular weight excluding hydrogens is 409 g/mol. The summed E-state index contributed by atoms with van der Waals surface area (Å²) in [6, 6.07) is 2.41. The normalized spacial score (nSPS) is 12.7. The number of anilines is 1. The Morgan fingerprint density at radius 1 is 1.13 bits per heavy atom. The number of nitrogens with one attached hydrogen (secondary N) is 2. The van der Waals surface area contributed by atoms with Gasteiger partial charge in [-0.25, -0.2) is 9.18 Å². The van der Waals surface area contributed by atoms with E-state index < -0.39 is 41.5 Å². The molecule has 4 N–H and O–H groups in total. The number of carbonyl (C=O) groups is 4. The number of Topliss-reactive ketones (excluding diaryl/α,β-unsaturated/α-hetero) is 1. The van der Waals surface area contributed by atoms with Crippen molar-refractivity contribution in [2.45, 2.75) is 39.8 Å². The van der Waals surface area contributed by atoms with Crippen molar-refractivity contribution in [3.8, 4) is 0 Å². The monoisotopic (exact) mass is 433 g/mol. The fraction of sp³-hybridized carbons (Fsp3) is 0.333. The number of carbonyl (C=O) groups excluding carboxylic acids is 3. The average molecular weight is 433 g/mol. The third-order valence-corrected chi connectivity index (χ3v) is 5.03. The Labute approximate surface area is 177 Å². The summed E-state index contributed by atoms with van der Waals surface area (Å²) in [5.74, 6) is -4.74. The number of aliphatic hydroxyl groups is 1. The molecule has 0 spiro atoms. The number of aryl methyl sites for hydroxylation is 1. The lowest BCUT2D eigenvalue weighted by atomic mass is 10.1. The summed E-state index contributed by atoms with van der Waals surface area (Å²) in [7, 11) is 1.49. The molecule has 1 aromatic heterocycles. The van der Waals surface area contributed by atoms with Gasteiger partial charge in [-0.15, -0.1) is 0 Å². The first-order chi connectivity index (χ1) is 14.4. The van der Waals surface area contributed by atoms with Crippen molar-refractivity contribution in [1.29, 1.82) is 0 Å². The highest BCUT2D eigenvalue weighted by atomic mass is 19.1. The number of halogens is 1. The summed E-state index contributed by atoms with van der Waals surface area (Å²) in [6.45, 7) is 5.79. The van der Waals surface area contributed by atoms with Crippen LogP contribution in [0.15, 0.2) is 18.2 Å². The van der Waals surface area contributed by atoms with Gasteiger partial charge in [-0.3, -0.25) is 14.4 Å². The van der Waals surface area contributed by atoms with Gasteiger partial charge in [0.2, 0.25) is 0 Å². The van der Waals surface area contributed by atoms with Gasteiger partial charge in [0, 0.05) is 18.4 Å². The molecule has 9 nitrogen and oxygen atoms in total. The van der Waals surface area contributed by atoms with Gasteiger partial charge >= 0.3 is 5.97 Å². The van der Waals surface area contributed by atoms with Crippen LogP contribution in [0.1, 0.15) is 44.6 Å². The summed E-state index contributed by atoms with van der Waals surface area (Å²) in [4.78, 5) is 49.0. The van der Waals surface area contributed by atoms with Crippen LogP contribution in [-0.4, -0.2) is 50.5 Å². The third kappa shape index (κ3) is 4.80. The maximum atomic E-state index is 13.5. The lowest BCUT2D eigenvalue weighted by Gasteiger charge is -2.16. The van der Waals surface area contributed by atoms with Gasteiger partial charge in [0.15, 0.2) is 6.04 Å².